The van der Waals surface area contributed by atoms with Gasteiger partial charge in [0.2, 0.25) is 0 Å². The van der Waals surface area contributed by atoms with Crippen LogP contribution in [0, 0.1) is 6.92 Å². The van der Waals surface area contributed by atoms with Crippen molar-refractivity contribution in [2.45, 2.75) is 45.2 Å². The zero-order valence-corrected chi connectivity index (χ0v) is 9.25. The van der Waals surface area contributed by atoms with Crippen molar-refractivity contribution in [3.63, 3.8) is 0 Å². The van der Waals surface area contributed by atoms with E-state index in [1.54, 1.807) is 0 Å². The van der Waals surface area contributed by atoms with E-state index in [4.69, 9.17) is 0 Å². The molecule has 1 aromatic rings. The molecule has 1 atom stereocenters. The normalized spacial score (nSPS) is 19.4. The van der Waals surface area contributed by atoms with Gasteiger partial charge in [-0.25, -0.2) is 0 Å². The van der Waals surface area contributed by atoms with Crippen molar-refractivity contribution in [3.05, 3.63) is 17.5 Å². The van der Waals surface area contributed by atoms with Gasteiger partial charge in [0.25, 0.3) is 0 Å². The molecule has 0 aromatic carbocycles. The molecule has 1 aromatic heterocycles. The fourth-order valence-corrected chi connectivity index (χ4v) is 2.06. The summed E-state index contributed by atoms with van der Waals surface area (Å²) in [5.74, 6) is 0. The topological polar surface area (TPSA) is 29.9 Å². The van der Waals surface area contributed by atoms with Crippen molar-refractivity contribution in [3.8, 4) is 0 Å². The van der Waals surface area contributed by atoms with E-state index in [-0.39, 0.29) is 0 Å². The van der Waals surface area contributed by atoms with Crippen molar-refractivity contribution < 1.29 is 0 Å². The smallest absolute Gasteiger partial charge is 0.0641 e. The lowest BCUT2D eigenvalue weighted by Gasteiger charge is -2.29. The Labute approximate surface area is 85.5 Å². The summed E-state index contributed by atoms with van der Waals surface area (Å²) in [6, 6.07) is 1.18. The summed E-state index contributed by atoms with van der Waals surface area (Å²) in [6.45, 7) is 4.30. The van der Waals surface area contributed by atoms with Crippen LogP contribution in [0.25, 0.3) is 0 Å². The van der Waals surface area contributed by atoms with E-state index in [0.29, 0.717) is 6.04 Å². The molecule has 0 radical (unpaired) electrons. The summed E-state index contributed by atoms with van der Waals surface area (Å²) in [4.78, 5) is 0. The Kier molecular flexibility index (Phi) is 2.59. The zero-order chi connectivity index (χ0) is 10.1. The van der Waals surface area contributed by atoms with Crippen LogP contribution in [-0.2, 0) is 7.05 Å². The summed E-state index contributed by atoms with van der Waals surface area (Å²) in [7, 11) is 1.98. The Hall–Kier alpha value is -0.830. The molecule has 1 fully saturated rings. The summed E-state index contributed by atoms with van der Waals surface area (Å²) < 4.78 is 1.89. The van der Waals surface area contributed by atoms with Crippen LogP contribution in [0.5, 0.6) is 0 Å². The fraction of sp³-hybridized carbons (Fsp3) is 0.727. The predicted octanol–water partition coefficient (Wildman–Crippen LogP) is 1.93. The minimum absolute atomic E-state index is 0.439. The summed E-state index contributed by atoms with van der Waals surface area (Å²) in [5, 5.41) is 7.99. The maximum absolute atomic E-state index is 4.36. The lowest BCUT2D eigenvalue weighted by atomic mass is 9.92. The van der Waals surface area contributed by atoms with Crippen LogP contribution in [0.2, 0.25) is 0 Å². The van der Waals surface area contributed by atoms with Gasteiger partial charge in [0.15, 0.2) is 0 Å². The first kappa shape index (κ1) is 9.71. The summed E-state index contributed by atoms with van der Waals surface area (Å²) in [5.41, 5.74) is 2.48. The van der Waals surface area contributed by atoms with Gasteiger partial charge in [-0.05, 0) is 26.7 Å². The first-order valence-corrected chi connectivity index (χ1v) is 5.43. The number of nitrogens with zero attached hydrogens (tertiary/aromatic N) is 2. The SMILES string of the molecule is Cc1nn(C)cc1C(C)NC1CCC1. The van der Waals surface area contributed by atoms with Crippen molar-refractivity contribution in [2.75, 3.05) is 0 Å². The first-order chi connectivity index (χ1) is 6.66. The van der Waals surface area contributed by atoms with Gasteiger partial charge in [-0.2, -0.15) is 5.10 Å². The van der Waals surface area contributed by atoms with E-state index < -0.39 is 0 Å². The highest BCUT2D eigenvalue weighted by Crippen LogP contribution is 2.23. The lowest BCUT2D eigenvalue weighted by Crippen LogP contribution is -2.36. The number of hydrogen-bond donors (Lipinski definition) is 1. The van der Waals surface area contributed by atoms with Crippen LogP contribution in [-0.4, -0.2) is 15.8 Å². The molecule has 0 spiro atoms. The molecule has 0 saturated heterocycles. The first-order valence-electron chi connectivity index (χ1n) is 5.43. The number of aryl methyl sites for hydroxylation is 2. The van der Waals surface area contributed by atoms with E-state index in [9.17, 15) is 0 Å². The molecule has 14 heavy (non-hydrogen) atoms. The highest BCUT2D eigenvalue weighted by atomic mass is 15.3. The Morgan fingerprint density at radius 1 is 1.57 bits per heavy atom. The van der Waals surface area contributed by atoms with Crippen molar-refractivity contribution >= 4 is 0 Å². The second-order valence-corrected chi connectivity index (χ2v) is 4.36. The van der Waals surface area contributed by atoms with Crippen LogP contribution in [0.1, 0.15) is 43.5 Å². The molecule has 0 bridgehead atoms. The average molecular weight is 193 g/mol. The van der Waals surface area contributed by atoms with Crippen LogP contribution in [0.15, 0.2) is 6.20 Å². The quantitative estimate of drug-likeness (QED) is 0.795. The van der Waals surface area contributed by atoms with Gasteiger partial charge >= 0.3 is 0 Å². The Morgan fingerprint density at radius 2 is 2.29 bits per heavy atom. The van der Waals surface area contributed by atoms with Gasteiger partial charge in [-0.1, -0.05) is 6.42 Å². The van der Waals surface area contributed by atoms with Gasteiger partial charge in [-0.15, -0.1) is 0 Å². The molecule has 1 N–H and O–H groups in total. The maximum atomic E-state index is 4.36. The molecular weight excluding hydrogens is 174 g/mol. The van der Waals surface area contributed by atoms with Crippen LogP contribution in [0.4, 0.5) is 0 Å². The minimum Gasteiger partial charge on any atom is -0.307 e. The molecule has 1 heterocycles. The molecular formula is C11H19N3. The largest absolute Gasteiger partial charge is 0.307 e. The van der Waals surface area contributed by atoms with Gasteiger partial charge in [-0.3, -0.25) is 4.68 Å². The molecule has 3 nitrogen and oxygen atoms in total. The van der Waals surface area contributed by atoms with Gasteiger partial charge in [0.05, 0.1) is 5.69 Å². The monoisotopic (exact) mass is 193 g/mol. The molecule has 78 valence electrons. The molecule has 3 heteroatoms. The minimum atomic E-state index is 0.439. The number of hydrogen-bond acceptors (Lipinski definition) is 2. The van der Waals surface area contributed by atoms with E-state index >= 15 is 0 Å². The second-order valence-electron chi connectivity index (χ2n) is 4.36. The number of aromatic nitrogens is 2. The van der Waals surface area contributed by atoms with Gasteiger partial charge < -0.3 is 5.32 Å². The average Bonchev–Trinajstić information content (AvgIpc) is 2.37. The number of rotatable bonds is 3. The van der Waals surface area contributed by atoms with Crippen molar-refractivity contribution in [2.24, 2.45) is 7.05 Å². The van der Waals surface area contributed by atoms with E-state index in [1.165, 1.54) is 24.8 Å². The van der Waals surface area contributed by atoms with Crippen LogP contribution < -0.4 is 5.32 Å². The molecule has 1 aliphatic carbocycles. The third kappa shape index (κ3) is 1.82. The van der Waals surface area contributed by atoms with Crippen molar-refractivity contribution in [1.82, 2.24) is 15.1 Å². The number of nitrogens with one attached hydrogen (secondary N) is 1. The highest BCUT2D eigenvalue weighted by Gasteiger charge is 2.21. The molecule has 1 unspecified atom stereocenters. The molecule has 1 aliphatic rings. The summed E-state index contributed by atoms with van der Waals surface area (Å²) >= 11 is 0. The van der Waals surface area contributed by atoms with E-state index in [2.05, 4.69) is 30.5 Å². The van der Waals surface area contributed by atoms with E-state index in [0.717, 1.165) is 11.7 Å². The third-order valence-electron chi connectivity index (χ3n) is 3.11. The maximum Gasteiger partial charge on any atom is 0.0641 e. The standard InChI is InChI=1S/C11H19N3/c1-8(12-10-5-4-6-10)11-7-14(3)13-9(11)2/h7-8,10,12H,4-6H2,1-3H3. The predicted molar refractivity (Wildman–Crippen MR) is 57.1 cm³/mol. The Balaban J connectivity index is 2.02. The second kappa shape index (κ2) is 3.73. The van der Waals surface area contributed by atoms with Crippen LogP contribution in [0.3, 0.4) is 0 Å². The molecule has 2 rings (SSSR count). The molecule has 0 amide bonds. The van der Waals surface area contributed by atoms with E-state index in [1.807, 2.05) is 11.7 Å². The van der Waals surface area contributed by atoms with Gasteiger partial charge in [0, 0.05) is 30.9 Å². The van der Waals surface area contributed by atoms with Crippen LogP contribution >= 0.6 is 0 Å². The zero-order valence-electron chi connectivity index (χ0n) is 9.25. The fourth-order valence-electron chi connectivity index (χ4n) is 2.06. The molecule has 0 aliphatic heterocycles. The van der Waals surface area contributed by atoms with Gasteiger partial charge in [0.1, 0.15) is 0 Å². The summed E-state index contributed by atoms with van der Waals surface area (Å²) in [6.07, 6.45) is 6.18. The lowest BCUT2D eigenvalue weighted by molar-refractivity contribution is 0.313. The Morgan fingerprint density at radius 3 is 2.71 bits per heavy atom. The molecule has 1 saturated carbocycles. The highest BCUT2D eigenvalue weighted by molar-refractivity contribution is 5.19. The van der Waals surface area contributed by atoms with Crippen molar-refractivity contribution in [1.29, 1.82) is 0 Å². The third-order valence-corrected chi connectivity index (χ3v) is 3.11. The Bertz CT molecular complexity index is 312.